The van der Waals surface area contributed by atoms with Gasteiger partial charge in [0.25, 0.3) is 0 Å². The zero-order valence-corrected chi connectivity index (χ0v) is 13.3. The van der Waals surface area contributed by atoms with E-state index in [4.69, 9.17) is 4.74 Å². The maximum Gasteiger partial charge on any atom is 0.216 e. The summed E-state index contributed by atoms with van der Waals surface area (Å²) < 4.78 is 7.22. The molecule has 1 aliphatic carbocycles. The zero-order valence-electron chi connectivity index (χ0n) is 13.3. The molecule has 4 heteroatoms. The van der Waals surface area contributed by atoms with E-state index in [-0.39, 0.29) is 0 Å². The Morgan fingerprint density at radius 2 is 1.84 bits per heavy atom. The fraction of sp³-hybridized carbons (Fsp3) is 0.800. The Morgan fingerprint density at radius 1 is 1.26 bits per heavy atom. The molecule has 0 atom stereocenters. The van der Waals surface area contributed by atoms with E-state index in [0.717, 1.165) is 30.6 Å². The first-order valence-electron chi connectivity index (χ1n) is 7.00. The van der Waals surface area contributed by atoms with Crippen LogP contribution in [0.25, 0.3) is 0 Å². The first kappa shape index (κ1) is 14.4. The number of aryl methyl sites for hydroxylation is 2. The molecule has 108 valence electrons. The van der Waals surface area contributed by atoms with Crippen molar-refractivity contribution >= 4 is 0 Å². The predicted molar refractivity (Wildman–Crippen MR) is 77.3 cm³/mol. The van der Waals surface area contributed by atoms with Gasteiger partial charge in [-0.15, -0.1) is 0 Å². The van der Waals surface area contributed by atoms with Crippen LogP contribution in [0.3, 0.4) is 0 Å². The second-order valence-corrected chi connectivity index (χ2v) is 6.82. The van der Waals surface area contributed by atoms with Crippen LogP contribution in [0, 0.1) is 23.7 Å². The highest BCUT2D eigenvalue weighted by Crippen LogP contribution is 2.67. The van der Waals surface area contributed by atoms with Crippen LogP contribution in [-0.4, -0.2) is 23.4 Å². The van der Waals surface area contributed by atoms with Gasteiger partial charge in [-0.25, -0.2) is 4.68 Å². The lowest BCUT2D eigenvalue weighted by molar-refractivity contribution is 0.367. The highest BCUT2D eigenvalue weighted by Gasteiger charge is 2.63. The third-order valence-corrected chi connectivity index (χ3v) is 5.45. The molecule has 0 amide bonds. The molecule has 0 saturated heterocycles. The Morgan fingerprint density at radius 3 is 2.32 bits per heavy atom. The molecule has 19 heavy (non-hydrogen) atoms. The van der Waals surface area contributed by atoms with Crippen molar-refractivity contribution in [2.45, 2.75) is 41.2 Å². The fourth-order valence-corrected chi connectivity index (χ4v) is 3.32. The number of nitrogens with zero attached hydrogens (tertiary/aromatic N) is 2. The number of hydrogen-bond acceptors (Lipinski definition) is 3. The summed E-state index contributed by atoms with van der Waals surface area (Å²) in [5.74, 6) is 1.60. The molecule has 0 spiro atoms. The van der Waals surface area contributed by atoms with Gasteiger partial charge in [0.05, 0.1) is 18.4 Å². The van der Waals surface area contributed by atoms with Gasteiger partial charge in [-0.3, -0.25) is 0 Å². The van der Waals surface area contributed by atoms with E-state index >= 15 is 0 Å². The molecule has 1 fully saturated rings. The summed E-state index contributed by atoms with van der Waals surface area (Å²) in [7, 11) is 3.62. The molecule has 0 aromatic carbocycles. The Hall–Kier alpha value is -1.03. The normalized spacial score (nSPS) is 20.6. The Bertz CT molecular complexity index is 460. The molecule has 1 heterocycles. The summed E-state index contributed by atoms with van der Waals surface area (Å²) >= 11 is 0. The molecule has 1 saturated carbocycles. The number of aromatic nitrogens is 2. The van der Waals surface area contributed by atoms with Crippen LogP contribution in [-0.2, 0) is 13.6 Å². The molecule has 0 unspecified atom stereocenters. The van der Waals surface area contributed by atoms with Crippen molar-refractivity contribution in [3.05, 3.63) is 11.3 Å². The molecule has 1 aromatic rings. The van der Waals surface area contributed by atoms with Crippen LogP contribution in [0.2, 0.25) is 0 Å². The van der Waals surface area contributed by atoms with Gasteiger partial charge in [0, 0.05) is 13.6 Å². The monoisotopic (exact) mass is 265 g/mol. The van der Waals surface area contributed by atoms with Gasteiger partial charge in [-0.1, -0.05) is 27.7 Å². The lowest BCUT2D eigenvalue weighted by Crippen LogP contribution is -2.19. The maximum atomic E-state index is 5.41. The van der Waals surface area contributed by atoms with Crippen molar-refractivity contribution in [3.63, 3.8) is 0 Å². The lowest BCUT2D eigenvalue weighted by Gasteiger charge is -2.08. The van der Waals surface area contributed by atoms with Gasteiger partial charge in [0.1, 0.15) is 0 Å². The lowest BCUT2D eigenvalue weighted by atomic mass is 10.0. The molecule has 0 bridgehead atoms. The van der Waals surface area contributed by atoms with Gasteiger partial charge < -0.3 is 10.1 Å². The third-order valence-electron chi connectivity index (χ3n) is 5.45. The highest BCUT2D eigenvalue weighted by molar-refractivity contribution is 5.30. The van der Waals surface area contributed by atoms with Crippen molar-refractivity contribution in [3.8, 4) is 5.88 Å². The molecular formula is C15H27N3O. The number of ether oxygens (including phenoxy) is 1. The highest BCUT2D eigenvalue weighted by atomic mass is 16.5. The van der Waals surface area contributed by atoms with Crippen LogP contribution < -0.4 is 10.1 Å². The minimum Gasteiger partial charge on any atom is -0.481 e. The van der Waals surface area contributed by atoms with Gasteiger partial charge >= 0.3 is 0 Å². The summed E-state index contributed by atoms with van der Waals surface area (Å²) in [4.78, 5) is 0. The average Bonchev–Trinajstić information content (AvgIpc) is 2.57. The van der Waals surface area contributed by atoms with Crippen molar-refractivity contribution in [2.75, 3.05) is 13.7 Å². The standard InChI is InChI=1S/C15H27N3O/c1-10-11(13(19-7)18(6)17-10)8-16-9-12-14(2,3)15(12,4)5/h12,16H,8-9H2,1-7H3. The van der Waals surface area contributed by atoms with Crippen LogP contribution in [0.15, 0.2) is 0 Å². The average molecular weight is 265 g/mol. The van der Waals surface area contributed by atoms with Gasteiger partial charge in [0.15, 0.2) is 0 Å². The van der Waals surface area contributed by atoms with E-state index in [1.165, 1.54) is 5.56 Å². The molecular weight excluding hydrogens is 238 g/mol. The van der Waals surface area contributed by atoms with Crippen molar-refractivity contribution in [1.29, 1.82) is 0 Å². The van der Waals surface area contributed by atoms with E-state index in [0.29, 0.717) is 10.8 Å². The summed E-state index contributed by atoms with van der Waals surface area (Å²) in [6.07, 6.45) is 0. The molecule has 0 aliphatic heterocycles. The number of methoxy groups -OCH3 is 1. The Kier molecular flexibility index (Phi) is 3.42. The quantitative estimate of drug-likeness (QED) is 0.889. The van der Waals surface area contributed by atoms with E-state index in [1.807, 2.05) is 14.0 Å². The van der Waals surface area contributed by atoms with Crippen LogP contribution in [0.5, 0.6) is 5.88 Å². The van der Waals surface area contributed by atoms with E-state index in [2.05, 4.69) is 38.1 Å². The summed E-state index contributed by atoms with van der Waals surface area (Å²) in [5, 5.41) is 7.97. The number of nitrogens with one attached hydrogen (secondary N) is 1. The molecule has 1 N–H and O–H groups in total. The van der Waals surface area contributed by atoms with Crippen LogP contribution in [0.1, 0.15) is 39.0 Å². The fourth-order valence-electron chi connectivity index (χ4n) is 3.32. The first-order valence-corrected chi connectivity index (χ1v) is 7.00. The number of rotatable bonds is 5. The van der Waals surface area contributed by atoms with Crippen LogP contribution in [0.4, 0.5) is 0 Å². The Labute approximate surface area is 116 Å². The number of hydrogen-bond donors (Lipinski definition) is 1. The zero-order chi connectivity index (χ0) is 14.4. The van der Waals surface area contributed by atoms with Crippen molar-refractivity contribution in [2.24, 2.45) is 23.8 Å². The molecule has 2 rings (SSSR count). The topological polar surface area (TPSA) is 39.1 Å². The summed E-state index contributed by atoms with van der Waals surface area (Å²) in [6.45, 7) is 13.3. The first-order chi connectivity index (χ1) is 8.73. The third kappa shape index (κ3) is 2.16. The predicted octanol–water partition coefficient (Wildman–Crippen LogP) is 2.51. The molecule has 0 radical (unpaired) electrons. The van der Waals surface area contributed by atoms with E-state index in [1.54, 1.807) is 11.8 Å². The van der Waals surface area contributed by atoms with Gasteiger partial charge in [-0.2, -0.15) is 5.10 Å². The minimum atomic E-state index is 0.439. The van der Waals surface area contributed by atoms with E-state index in [9.17, 15) is 0 Å². The second kappa shape index (κ2) is 4.51. The molecule has 1 aromatic heterocycles. The Balaban J connectivity index is 1.95. The second-order valence-electron chi connectivity index (χ2n) is 6.82. The van der Waals surface area contributed by atoms with Gasteiger partial charge in [-0.05, 0) is 30.2 Å². The maximum absolute atomic E-state index is 5.41. The van der Waals surface area contributed by atoms with Crippen LogP contribution >= 0.6 is 0 Å². The molecule has 1 aliphatic rings. The summed E-state index contributed by atoms with van der Waals surface area (Å²) in [6, 6.07) is 0. The molecule has 4 nitrogen and oxygen atoms in total. The van der Waals surface area contributed by atoms with Crippen molar-refractivity contribution < 1.29 is 4.74 Å². The summed E-state index contributed by atoms with van der Waals surface area (Å²) in [5.41, 5.74) is 3.09. The van der Waals surface area contributed by atoms with Gasteiger partial charge in [0.2, 0.25) is 5.88 Å². The van der Waals surface area contributed by atoms with Crippen molar-refractivity contribution in [1.82, 2.24) is 15.1 Å². The largest absolute Gasteiger partial charge is 0.481 e. The SMILES string of the molecule is COc1c(CNCC2C(C)(C)C2(C)C)c(C)nn1C. The van der Waals surface area contributed by atoms with E-state index < -0.39 is 0 Å². The smallest absolute Gasteiger partial charge is 0.216 e. The minimum absolute atomic E-state index is 0.439.